The summed E-state index contributed by atoms with van der Waals surface area (Å²) in [6.07, 6.45) is 0. The minimum absolute atomic E-state index is 0.313. The topological polar surface area (TPSA) is 64.3 Å². The van der Waals surface area contributed by atoms with Crippen molar-refractivity contribution in [1.82, 2.24) is 0 Å². The van der Waals surface area contributed by atoms with E-state index >= 15 is 0 Å². The predicted octanol–water partition coefficient (Wildman–Crippen LogP) is 3.31. The first-order valence-corrected chi connectivity index (χ1v) is 6.96. The zero-order valence-corrected chi connectivity index (χ0v) is 12.9. The molecule has 0 spiro atoms. The zero-order valence-electron chi connectivity index (χ0n) is 11.3. The lowest BCUT2D eigenvalue weighted by molar-refractivity contribution is 0.100. The molecular formula is C15H14BrFN2O2. The highest BCUT2D eigenvalue weighted by molar-refractivity contribution is 9.10. The number of benzene rings is 2. The normalized spacial score (nSPS) is 10.2. The second-order valence-corrected chi connectivity index (χ2v) is 5.24. The molecule has 3 N–H and O–H groups in total. The van der Waals surface area contributed by atoms with Crippen molar-refractivity contribution >= 4 is 27.5 Å². The summed E-state index contributed by atoms with van der Waals surface area (Å²) in [5.74, 6) is -0.224. The van der Waals surface area contributed by atoms with Crippen LogP contribution >= 0.6 is 15.9 Å². The number of primary amides is 1. The van der Waals surface area contributed by atoms with Gasteiger partial charge in [0.25, 0.3) is 0 Å². The maximum Gasteiger partial charge on any atom is 0.248 e. The Morgan fingerprint density at radius 1 is 1.33 bits per heavy atom. The van der Waals surface area contributed by atoms with E-state index in [2.05, 4.69) is 21.2 Å². The highest BCUT2D eigenvalue weighted by Gasteiger charge is 2.08. The summed E-state index contributed by atoms with van der Waals surface area (Å²) in [6.45, 7) is 0.456. The lowest BCUT2D eigenvalue weighted by atomic mass is 10.1. The van der Waals surface area contributed by atoms with Crippen LogP contribution in [0.5, 0.6) is 5.75 Å². The van der Waals surface area contributed by atoms with Gasteiger partial charge in [0.05, 0.1) is 17.3 Å². The number of anilines is 1. The Balaban J connectivity index is 2.19. The average molecular weight is 353 g/mol. The molecule has 0 radical (unpaired) electrons. The maximum absolute atomic E-state index is 13.2. The number of nitrogens with two attached hydrogens (primary N) is 1. The Bertz CT molecular complexity index is 677. The van der Waals surface area contributed by atoms with E-state index in [4.69, 9.17) is 10.5 Å². The molecule has 0 aliphatic heterocycles. The van der Waals surface area contributed by atoms with E-state index in [-0.39, 0.29) is 5.82 Å². The molecule has 0 saturated heterocycles. The molecule has 2 aromatic rings. The van der Waals surface area contributed by atoms with Crippen molar-refractivity contribution in [2.45, 2.75) is 6.54 Å². The Morgan fingerprint density at radius 3 is 2.71 bits per heavy atom. The van der Waals surface area contributed by atoms with Crippen LogP contribution in [0, 0.1) is 5.82 Å². The lowest BCUT2D eigenvalue weighted by Crippen LogP contribution is -2.11. The lowest BCUT2D eigenvalue weighted by Gasteiger charge is -2.12. The number of rotatable bonds is 5. The van der Waals surface area contributed by atoms with E-state index in [1.165, 1.54) is 6.07 Å². The fraction of sp³-hybridized carbons (Fsp3) is 0.133. The molecule has 0 aliphatic rings. The van der Waals surface area contributed by atoms with Crippen LogP contribution in [0.15, 0.2) is 40.9 Å². The van der Waals surface area contributed by atoms with Crippen molar-refractivity contribution in [3.63, 3.8) is 0 Å². The number of hydrogen-bond donors (Lipinski definition) is 2. The van der Waals surface area contributed by atoms with Gasteiger partial charge in [-0.25, -0.2) is 4.39 Å². The van der Waals surface area contributed by atoms with Gasteiger partial charge in [-0.2, -0.15) is 0 Å². The van der Waals surface area contributed by atoms with Crippen LogP contribution in [0.2, 0.25) is 0 Å². The molecule has 1 amide bonds. The molecule has 110 valence electrons. The van der Waals surface area contributed by atoms with Gasteiger partial charge >= 0.3 is 0 Å². The van der Waals surface area contributed by atoms with E-state index in [1.54, 1.807) is 37.4 Å². The zero-order chi connectivity index (χ0) is 15.4. The summed E-state index contributed by atoms with van der Waals surface area (Å²) in [5.41, 5.74) is 7.18. The van der Waals surface area contributed by atoms with Gasteiger partial charge in [0.1, 0.15) is 11.6 Å². The molecule has 0 bridgehead atoms. The number of carbonyl (C=O) groups is 1. The molecule has 0 atom stereocenters. The highest BCUT2D eigenvalue weighted by atomic mass is 79.9. The molecule has 0 heterocycles. The molecular weight excluding hydrogens is 339 g/mol. The molecule has 0 aliphatic carbocycles. The minimum Gasteiger partial charge on any atom is -0.495 e. The van der Waals surface area contributed by atoms with E-state index < -0.39 is 5.91 Å². The third kappa shape index (κ3) is 3.72. The second kappa shape index (κ2) is 6.58. The van der Waals surface area contributed by atoms with Crippen LogP contribution in [0.1, 0.15) is 15.9 Å². The smallest absolute Gasteiger partial charge is 0.248 e. The Morgan fingerprint density at radius 2 is 2.10 bits per heavy atom. The summed E-state index contributed by atoms with van der Waals surface area (Å²) < 4.78 is 18.8. The number of methoxy groups -OCH3 is 1. The maximum atomic E-state index is 13.2. The number of nitrogens with one attached hydrogen (secondary N) is 1. The van der Waals surface area contributed by atoms with Gasteiger partial charge in [0.2, 0.25) is 5.91 Å². The number of amides is 1. The quantitative estimate of drug-likeness (QED) is 0.867. The molecule has 0 fully saturated rings. The van der Waals surface area contributed by atoms with Crippen LogP contribution in [0.25, 0.3) is 0 Å². The first kappa shape index (κ1) is 15.3. The van der Waals surface area contributed by atoms with Crippen molar-refractivity contribution in [3.05, 3.63) is 57.8 Å². The second-order valence-electron chi connectivity index (χ2n) is 4.38. The molecule has 2 aromatic carbocycles. The van der Waals surface area contributed by atoms with Crippen LogP contribution in [-0.2, 0) is 6.54 Å². The van der Waals surface area contributed by atoms with Gasteiger partial charge in [-0.1, -0.05) is 6.07 Å². The predicted molar refractivity (Wildman–Crippen MR) is 82.9 cm³/mol. The van der Waals surface area contributed by atoms with Crippen molar-refractivity contribution in [3.8, 4) is 5.75 Å². The number of carbonyl (C=O) groups excluding carboxylic acids is 1. The van der Waals surface area contributed by atoms with E-state index in [9.17, 15) is 9.18 Å². The SMILES string of the molecule is COc1ccc(C(N)=O)cc1NCc1ccc(F)c(Br)c1. The molecule has 0 aromatic heterocycles. The highest BCUT2D eigenvalue weighted by Crippen LogP contribution is 2.26. The number of ether oxygens (including phenoxy) is 1. The van der Waals surface area contributed by atoms with E-state index in [0.29, 0.717) is 28.0 Å². The third-order valence-electron chi connectivity index (χ3n) is 2.95. The summed E-state index contributed by atoms with van der Waals surface area (Å²) in [7, 11) is 1.54. The van der Waals surface area contributed by atoms with Gasteiger partial charge in [-0.05, 0) is 51.8 Å². The van der Waals surface area contributed by atoms with Crippen LogP contribution in [0.3, 0.4) is 0 Å². The van der Waals surface area contributed by atoms with E-state index in [1.807, 2.05) is 0 Å². The Labute approximate surface area is 130 Å². The van der Waals surface area contributed by atoms with Crippen molar-refractivity contribution in [1.29, 1.82) is 0 Å². The standard InChI is InChI=1S/C15H14BrFN2O2/c1-21-14-5-3-10(15(18)20)7-13(14)19-8-9-2-4-12(17)11(16)6-9/h2-7,19H,8H2,1H3,(H2,18,20). The van der Waals surface area contributed by atoms with Gasteiger partial charge < -0.3 is 15.8 Å². The molecule has 6 heteroatoms. The van der Waals surface area contributed by atoms with E-state index in [0.717, 1.165) is 5.56 Å². The Kier molecular flexibility index (Phi) is 4.80. The fourth-order valence-electron chi connectivity index (χ4n) is 1.85. The van der Waals surface area contributed by atoms with Gasteiger partial charge in [-0.15, -0.1) is 0 Å². The summed E-state index contributed by atoms with van der Waals surface area (Å²) in [6, 6.07) is 9.64. The van der Waals surface area contributed by atoms with Crippen LogP contribution in [0.4, 0.5) is 10.1 Å². The first-order chi connectivity index (χ1) is 10.0. The molecule has 4 nitrogen and oxygen atoms in total. The van der Waals surface area contributed by atoms with Gasteiger partial charge in [0.15, 0.2) is 0 Å². The van der Waals surface area contributed by atoms with Gasteiger partial charge in [0, 0.05) is 12.1 Å². The fourth-order valence-corrected chi connectivity index (χ4v) is 2.27. The monoisotopic (exact) mass is 352 g/mol. The summed E-state index contributed by atoms with van der Waals surface area (Å²) in [5, 5.41) is 3.15. The first-order valence-electron chi connectivity index (χ1n) is 6.17. The summed E-state index contributed by atoms with van der Waals surface area (Å²) in [4.78, 5) is 11.2. The van der Waals surface area contributed by atoms with Gasteiger partial charge in [-0.3, -0.25) is 4.79 Å². The van der Waals surface area contributed by atoms with Crippen LogP contribution < -0.4 is 15.8 Å². The van der Waals surface area contributed by atoms with Crippen LogP contribution in [-0.4, -0.2) is 13.0 Å². The average Bonchev–Trinajstić information content (AvgIpc) is 2.48. The molecule has 0 saturated carbocycles. The molecule has 0 unspecified atom stereocenters. The third-order valence-corrected chi connectivity index (χ3v) is 3.56. The molecule has 2 rings (SSSR count). The largest absolute Gasteiger partial charge is 0.495 e. The summed E-state index contributed by atoms with van der Waals surface area (Å²) >= 11 is 3.14. The molecule has 21 heavy (non-hydrogen) atoms. The number of halogens is 2. The van der Waals surface area contributed by atoms with Crippen molar-refractivity contribution in [2.24, 2.45) is 5.73 Å². The minimum atomic E-state index is -0.509. The number of hydrogen-bond acceptors (Lipinski definition) is 3. The van der Waals surface area contributed by atoms with Crippen molar-refractivity contribution < 1.29 is 13.9 Å². The van der Waals surface area contributed by atoms with Crippen molar-refractivity contribution in [2.75, 3.05) is 12.4 Å². The Hall–Kier alpha value is -2.08.